The third-order valence-corrected chi connectivity index (χ3v) is 5.89. The monoisotopic (exact) mass is 393 g/mol. The molecule has 0 unspecified atom stereocenters. The van der Waals surface area contributed by atoms with E-state index in [4.69, 9.17) is 5.26 Å². The van der Waals surface area contributed by atoms with Crippen LogP contribution in [0.25, 0.3) is 5.57 Å². The van der Waals surface area contributed by atoms with Crippen molar-refractivity contribution in [1.82, 2.24) is 10.3 Å². The van der Waals surface area contributed by atoms with Crippen molar-refractivity contribution in [3.8, 4) is 6.07 Å². The zero-order valence-electron chi connectivity index (χ0n) is 13.9. The van der Waals surface area contributed by atoms with Gasteiger partial charge in [0.05, 0.1) is 21.0 Å². The van der Waals surface area contributed by atoms with Gasteiger partial charge < -0.3 is 5.32 Å². The van der Waals surface area contributed by atoms with E-state index < -0.39 is 26.5 Å². The maximum atomic E-state index is 13.0. The highest BCUT2D eigenvalue weighted by atomic mass is 32.2. The van der Waals surface area contributed by atoms with Gasteiger partial charge in [0.25, 0.3) is 0 Å². The highest BCUT2D eigenvalue weighted by Crippen LogP contribution is 2.34. The van der Waals surface area contributed by atoms with Crippen molar-refractivity contribution in [2.24, 2.45) is 0 Å². The van der Waals surface area contributed by atoms with Crippen LogP contribution in [0.3, 0.4) is 0 Å². The predicted molar refractivity (Wildman–Crippen MR) is 91.3 cm³/mol. The average Bonchev–Trinajstić information content (AvgIpc) is 2.67. The maximum absolute atomic E-state index is 13.0. The first-order valence-corrected chi connectivity index (χ1v) is 9.45. The van der Waals surface area contributed by atoms with Crippen LogP contribution in [0.5, 0.6) is 0 Å². The molecule has 0 bridgehead atoms. The molecule has 0 aliphatic carbocycles. The molecule has 5 nitrogen and oxygen atoms in total. The zero-order chi connectivity index (χ0) is 19.7. The van der Waals surface area contributed by atoms with E-state index in [1.165, 1.54) is 12.1 Å². The molecule has 1 aromatic heterocycles. The van der Waals surface area contributed by atoms with Crippen LogP contribution in [0.2, 0.25) is 0 Å². The van der Waals surface area contributed by atoms with Gasteiger partial charge in [0.15, 0.2) is 0 Å². The minimum Gasteiger partial charge on any atom is -0.313 e. The summed E-state index contributed by atoms with van der Waals surface area (Å²) in [7, 11) is -4.26. The molecule has 0 amide bonds. The molecule has 1 aliphatic heterocycles. The average molecular weight is 393 g/mol. The molecule has 0 spiro atoms. The van der Waals surface area contributed by atoms with Crippen molar-refractivity contribution in [2.75, 3.05) is 13.1 Å². The first kappa shape index (κ1) is 19.1. The molecule has 1 N–H and O–H groups in total. The fourth-order valence-corrected chi connectivity index (χ4v) is 4.23. The number of rotatable bonds is 3. The van der Waals surface area contributed by atoms with Gasteiger partial charge in [-0.2, -0.15) is 18.4 Å². The van der Waals surface area contributed by atoms with E-state index in [1.54, 1.807) is 6.08 Å². The number of nitrogens with one attached hydrogen (secondary N) is 1. The first-order chi connectivity index (χ1) is 12.7. The molecule has 0 saturated heterocycles. The second kappa shape index (κ2) is 7.13. The molecule has 0 saturated carbocycles. The molecule has 0 fully saturated rings. The van der Waals surface area contributed by atoms with E-state index in [0.717, 1.165) is 18.2 Å². The molecular weight excluding hydrogens is 379 g/mol. The summed E-state index contributed by atoms with van der Waals surface area (Å²) in [5, 5.41) is 12.2. The molecule has 2 heterocycles. The summed E-state index contributed by atoms with van der Waals surface area (Å²) in [5.41, 5.74) is -0.274. The van der Waals surface area contributed by atoms with Gasteiger partial charge in [-0.3, -0.25) is 0 Å². The number of halogens is 3. The van der Waals surface area contributed by atoms with E-state index in [9.17, 15) is 21.6 Å². The van der Waals surface area contributed by atoms with Gasteiger partial charge in [-0.25, -0.2) is 13.4 Å². The molecule has 9 heteroatoms. The smallest absolute Gasteiger partial charge is 0.313 e. The lowest BCUT2D eigenvalue weighted by molar-refractivity contribution is -0.137. The number of sulfone groups is 1. The number of nitriles is 1. The van der Waals surface area contributed by atoms with Gasteiger partial charge in [-0.15, -0.1) is 0 Å². The minimum absolute atomic E-state index is 0.0347. The van der Waals surface area contributed by atoms with Crippen LogP contribution in [-0.4, -0.2) is 26.5 Å². The van der Waals surface area contributed by atoms with E-state index in [1.807, 2.05) is 6.07 Å². The van der Waals surface area contributed by atoms with Crippen molar-refractivity contribution in [1.29, 1.82) is 5.26 Å². The lowest BCUT2D eigenvalue weighted by atomic mass is 10.1. The summed E-state index contributed by atoms with van der Waals surface area (Å²) in [6, 6.07) is 7.90. The fourth-order valence-electron chi connectivity index (χ4n) is 2.76. The number of benzene rings is 1. The summed E-state index contributed by atoms with van der Waals surface area (Å²) >= 11 is 0. The largest absolute Gasteiger partial charge is 0.416 e. The molecule has 1 aliphatic rings. The van der Waals surface area contributed by atoms with Gasteiger partial charge in [-0.1, -0.05) is 12.1 Å². The van der Waals surface area contributed by atoms with E-state index >= 15 is 0 Å². The van der Waals surface area contributed by atoms with Crippen LogP contribution in [0.15, 0.2) is 52.3 Å². The van der Waals surface area contributed by atoms with Gasteiger partial charge in [0.2, 0.25) is 9.84 Å². The van der Waals surface area contributed by atoms with Gasteiger partial charge in [0.1, 0.15) is 11.8 Å². The van der Waals surface area contributed by atoms with Gasteiger partial charge >= 0.3 is 6.18 Å². The Balaban J connectivity index is 2.18. The van der Waals surface area contributed by atoms with E-state index in [0.29, 0.717) is 31.1 Å². The molecule has 0 atom stereocenters. The summed E-state index contributed by atoms with van der Waals surface area (Å²) in [4.78, 5) is 3.43. The van der Waals surface area contributed by atoms with Crippen molar-refractivity contribution in [3.63, 3.8) is 0 Å². The van der Waals surface area contributed by atoms with Crippen molar-refractivity contribution < 1.29 is 21.6 Å². The highest BCUT2D eigenvalue weighted by Gasteiger charge is 2.33. The molecule has 1 aromatic carbocycles. The second-order valence-electron chi connectivity index (χ2n) is 5.87. The van der Waals surface area contributed by atoms with Crippen molar-refractivity contribution in [2.45, 2.75) is 22.4 Å². The Labute approximate surface area is 154 Å². The van der Waals surface area contributed by atoms with Gasteiger partial charge in [0, 0.05) is 6.54 Å². The van der Waals surface area contributed by atoms with Crippen molar-refractivity contribution in [3.05, 3.63) is 59.4 Å². The van der Waals surface area contributed by atoms with E-state index in [-0.39, 0.29) is 16.3 Å². The number of alkyl halides is 3. The fraction of sp³-hybridized carbons (Fsp3) is 0.222. The molecule has 0 radical (unpaired) electrons. The standard InChI is InChI=1S/C18H14F3N3O2S/c19-18(20,21)13-2-1-3-15(10-13)27(25,26)16-5-4-14(11-22)24-17(16)12-6-8-23-9-7-12/h1-6,10,23H,7-9H2. The Morgan fingerprint density at radius 1 is 1.19 bits per heavy atom. The quantitative estimate of drug-likeness (QED) is 0.866. The van der Waals surface area contributed by atoms with Crippen LogP contribution in [-0.2, 0) is 16.0 Å². The first-order valence-electron chi connectivity index (χ1n) is 7.97. The predicted octanol–water partition coefficient (Wildman–Crippen LogP) is 3.18. The summed E-state index contributed by atoms with van der Waals surface area (Å²) < 4.78 is 65.0. The van der Waals surface area contributed by atoms with Crippen LogP contribution in [0.1, 0.15) is 23.4 Å². The van der Waals surface area contributed by atoms with Crippen LogP contribution >= 0.6 is 0 Å². The topological polar surface area (TPSA) is 82.8 Å². The molecular formula is C18H14F3N3O2S. The Hall–Kier alpha value is -2.70. The maximum Gasteiger partial charge on any atom is 0.416 e. The van der Waals surface area contributed by atoms with Crippen molar-refractivity contribution >= 4 is 15.4 Å². The lowest BCUT2D eigenvalue weighted by Gasteiger charge is -2.17. The normalized spacial score (nSPS) is 15.1. The number of nitrogens with zero attached hydrogens (tertiary/aromatic N) is 2. The second-order valence-corrected chi connectivity index (χ2v) is 7.79. The Morgan fingerprint density at radius 2 is 1.96 bits per heavy atom. The minimum atomic E-state index is -4.66. The third kappa shape index (κ3) is 3.86. The molecule has 27 heavy (non-hydrogen) atoms. The van der Waals surface area contributed by atoms with Gasteiger partial charge in [-0.05, 0) is 48.9 Å². The number of aromatic nitrogens is 1. The Bertz CT molecular complexity index is 1050. The number of hydrogen-bond acceptors (Lipinski definition) is 5. The summed E-state index contributed by atoms with van der Waals surface area (Å²) in [5.74, 6) is 0. The highest BCUT2D eigenvalue weighted by molar-refractivity contribution is 7.91. The zero-order valence-corrected chi connectivity index (χ0v) is 14.7. The third-order valence-electron chi connectivity index (χ3n) is 4.10. The summed E-state index contributed by atoms with van der Waals surface area (Å²) in [6.07, 6.45) is -2.40. The van der Waals surface area contributed by atoms with Crippen LogP contribution < -0.4 is 5.32 Å². The Morgan fingerprint density at radius 3 is 2.59 bits per heavy atom. The lowest BCUT2D eigenvalue weighted by Crippen LogP contribution is -2.21. The number of hydrogen-bond donors (Lipinski definition) is 1. The SMILES string of the molecule is N#Cc1ccc(S(=O)(=O)c2cccc(C(F)(F)F)c2)c(C2=CCNCC2)n1. The summed E-state index contributed by atoms with van der Waals surface area (Å²) in [6.45, 7) is 1.12. The van der Waals surface area contributed by atoms with Crippen LogP contribution in [0, 0.1) is 11.3 Å². The Kier molecular flexibility index (Phi) is 5.04. The van der Waals surface area contributed by atoms with Crippen LogP contribution in [0.4, 0.5) is 13.2 Å². The molecule has 2 aromatic rings. The molecule has 140 valence electrons. The van der Waals surface area contributed by atoms with E-state index in [2.05, 4.69) is 10.3 Å². The number of pyridine rings is 1. The molecule has 3 rings (SSSR count).